The predicted molar refractivity (Wildman–Crippen MR) is 66.6 cm³/mol. The number of carbonyl (C=O) groups is 2. The standard InChI is InChI=1S/C12H24N2O3/c1-11(2,3)13-9(15)7-17-8-10(16)14-12(4,5)6/h7-8H2,1-6H3,(H,13,15)(H,14,16). The van der Waals surface area contributed by atoms with Crippen LogP contribution in [0.1, 0.15) is 41.5 Å². The second kappa shape index (κ2) is 6.00. The van der Waals surface area contributed by atoms with Crippen LogP contribution in [0.5, 0.6) is 0 Å². The zero-order chi connectivity index (χ0) is 13.7. The van der Waals surface area contributed by atoms with E-state index in [4.69, 9.17) is 4.74 Å². The first-order valence-electron chi connectivity index (χ1n) is 5.69. The second-order valence-electron chi connectivity index (χ2n) is 6.09. The van der Waals surface area contributed by atoms with Gasteiger partial charge in [0.05, 0.1) is 0 Å². The van der Waals surface area contributed by atoms with Crippen LogP contribution in [0.15, 0.2) is 0 Å². The van der Waals surface area contributed by atoms with Gasteiger partial charge in [0, 0.05) is 11.1 Å². The molecule has 0 aromatic heterocycles. The van der Waals surface area contributed by atoms with Gasteiger partial charge in [0.2, 0.25) is 11.8 Å². The highest BCUT2D eigenvalue weighted by molar-refractivity contribution is 5.80. The maximum atomic E-state index is 11.4. The molecule has 0 atom stereocenters. The summed E-state index contributed by atoms with van der Waals surface area (Å²) in [5.41, 5.74) is -0.567. The van der Waals surface area contributed by atoms with E-state index in [9.17, 15) is 9.59 Å². The summed E-state index contributed by atoms with van der Waals surface area (Å²) in [4.78, 5) is 22.7. The van der Waals surface area contributed by atoms with Crippen LogP contribution in [0.2, 0.25) is 0 Å². The molecular formula is C12H24N2O3. The van der Waals surface area contributed by atoms with Crippen LogP contribution in [-0.2, 0) is 14.3 Å². The van der Waals surface area contributed by atoms with Crippen LogP contribution in [0.25, 0.3) is 0 Å². The third-order valence-corrected chi connectivity index (χ3v) is 1.50. The van der Waals surface area contributed by atoms with Gasteiger partial charge < -0.3 is 15.4 Å². The first-order valence-corrected chi connectivity index (χ1v) is 5.69. The van der Waals surface area contributed by atoms with Crippen LogP contribution in [0.4, 0.5) is 0 Å². The quantitative estimate of drug-likeness (QED) is 0.770. The lowest BCUT2D eigenvalue weighted by Gasteiger charge is -2.21. The van der Waals surface area contributed by atoms with Gasteiger partial charge in [0.15, 0.2) is 0 Å². The van der Waals surface area contributed by atoms with Gasteiger partial charge in [-0.1, -0.05) is 0 Å². The Balaban J connectivity index is 3.78. The molecule has 0 fully saturated rings. The number of ether oxygens (including phenoxy) is 1. The number of amides is 2. The van der Waals surface area contributed by atoms with E-state index in [-0.39, 0.29) is 36.1 Å². The summed E-state index contributed by atoms with van der Waals surface area (Å²) < 4.78 is 5.02. The first kappa shape index (κ1) is 15.9. The Bertz CT molecular complexity index is 246. The molecule has 0 aliphatic rings. The van der Waals surface area contributed by atoms with Crippen molar-refractivity contribution >= 4 is 11.8 Å². The van der Waals surface area contributed by atoms with Crippen LogP contribution in [0, 0.1) is 0 Å². The fourth-order valence-electron chi connectivity index (χ4n) is 1.15. The van der Waals surface area contributed by atoms with Crippen molar-refractivity contribution in [2.45, 2.75) is 52.6 Å². The molecule has 2 N–H and O–H groups in total. The zero-order valence-corrected chi connectivity index (χ0v) is 11.6. The molecule has 100 valence electrons. The second-order valence-corrected chi connectivity index (χ2v) is 6.09. The number of nitrogens with one attached hydrogen (secondary N) is 2. The largest absolute Gasteiger partial charge is 0.362 e. The molecule has 5 nitrogen and oxygen atoms in total. The van der Waals surface area contributed by atoms with Crippen molar-refractivity contribution in [3.05, 3.63) is 0 Å². The van der Waals surface area contributed by atoms with Gasteiger partial charge in [0.25, 0.3) is 0 Å². The van der Waals surface area contributed by atoms with Gasteiger partial charge in [-0.3, -0.25) is 9.59 Å². The number of rotatable bonds is 4. The molecule has 0 unspecified atom stereocenters. The molecule has 0 rings (SSSR count). The Labute approximate surface area is 103 Å². The Morgan fingerprint density at radius 3 is 1.35 bits per heavy atom. The van der Waals surface area contributed by atoms with Crippen LogP contribution < -0.4 is 10.6 Å². The van der Waals surface area contributed by atoms with E-state index in [2.05, 4.69) is 10.6 Å². The molecule has 0 saturated heterocycles. The van der Waals surface area contributed by atoms with Crippen molar-refractivity contribution in [3.8, 4) is 0 Å². The minimum atomic E-state index is -0.284. The van der Waals surface area contributed by atoms with E-state index in [1.54, 1.807) is 0 Å². The molecule has 0 bridgehead atoms. The molecule has 17 heavy (non-hydrogen) atoms. The Morgan fingerprint density at radius 1 is 0.824 bits per heavy atom. The molecule has 2 amide bonds. The lowest BCUT2D eigenvalue weighted by Crippen LogP contribution is -2.44. The van der Waals surface area contributed by atoms with Crippen LogP contribution in [-0.4, -0.2) is 36.1 Å². The van der Waals surface area contributed by atoms with Gasteiger partial charge in [0.1, 0.15) is 13.2 Å². The van der Waals surface area contributed by atoms with Crippen molar-refractivity contribution in [2.75, 3.05) is 13.2 Å². The van der Waals surface area contributed by atoms with E-state index >= 15 is 0 Å². The molecule has 0 saturated carbocycles. The Hall–Kier alpha value is -1.10. The summed E-state index contributed by atoms with van der Waals surface area (Å²) in [6, 6.07) is 0. The van der Waals surface area contributed by atoms with Gasteiger partial charge in [-0.2, -0.15) is 0 Å². The van der Waals surface area contributed by atoms with E-state index < -0.39 is 0 Å². The van der Waals surface area contributed by atoms with Gasteiger partial charge in [-0.05, 0) is 41.5 Å². The summed E-state index contributed by atoms with van der Waals surface area (Å²) in [5, 5.41) is 5.49. The molecular weight excluding hydrogens is 220 g/mol. The maximum absolute atomic E-state index is 11.4. The van der Waals surface area contributed by atoms with E-state index in [0.29, 0.717) is 0 Å². The van der Waals surface area contributed by atoms with Crippen molar-refractivity contribution in [1.29, 1.82) is 0 Å². The molecule has 0 aromatic rings. The smallest absolute Gasteiger partial charge is 0.246 e. The molecule has 0 aromatic carbocycles. The number of carbonyl (C=O) groups excluding carboxylic acids is 2. The van der Waals surface area contributed by atoms with Gasteiger partial charge in [-0.25, -0.2) is 0 Å². The third kappa shape index (κ3) is 11.2. The van der Waals surface area contributed by atoms with E-state index in [1.807, 2.05) is 41.5 Å². The number of hydrogen-bond donors (Lipinski definition) is 2. The Morgan fingerprint density at radius 2 is 1.12 bits per heavy atom. The topological polar surface area (TPSA) is 67.4 Å². The predicted octanol–water partition coefficient (Wildman–Crippen LogP) is 0.832. The van der Waals surface area contributed by atoms with E-state index in [0.717, 1.165) is 0 Å². The maximum Gasteiger partial charge on any atom is 0.246 e. The molecule has 0 aliphatic carbocycles. The summed E-state index contributed by atoms with van der Waals surface area (Å²) >= 11 is 0. The number of hydrogen-bond acceptors (Lipinski definition) is 3. The summed E-state index contributed by atoms with van der Waals surface area (Å²) in [6.07, 6.45) is 0. The summed E-state index contributed by atoms with van der Waals surface area (Å²) in [6.45, 7) is 11.1. The Kier molecular flexibility index (Phi) is 5.61. The summed E-state index contributed by atoms with van der Waals surface area (Å²) in [5.74, 6) is -0.442. The lowest BCUT2D eigenvalue weighted by molar-refractivity contribution is -0.132. The monoisotopic (exact) mass is 244 g/mol. The molecule has 0 aliphatic heterocycles. The van der Waals surface area contributed by atoms with Crippen LogP contribution in [0.3, 0.4) is 0 Å². The molecule has 0 spiro atoms. The van der Waals surface area contributed by atoms with Crippen molar-refractivity contribution < 1.29 is 14.3 Å². The highest BCUT2D eigenvalue weighted by atomic mass is 16.5. The fraction of sp³-hybridized carbons (Fsp3) is 0.833. The van der Waals surface area contributed by atoms with E-state index in [1.165, 1.54) is 0 Å². The fourth-order valence-corrected chi connectivity index (χ4v) is 1.15. The average Bonchev–Trinajstić information content (AvgIpc) is 1.95. The first-order chi connectivity index (χ1) is 7.49. The van der Waals surface area contributed by atoms with Crippen molar-refractivity contribution in [1.82, 2.24) is 10.6 Å². The molecule has 5 heteroatoms. The SMILES string of the molecule is CC(C)(C)NC(=O)COCC(=O)NC(C)(C)C. The third-order valence-electron chi connectivity index (χ3n) is 1.50. The molecule has 0 heterocycles. The molecule has 0 radical (unpaired) electrons. The van der Waals surface area contributed by atoms with Crippen LogP contribution >= 0.6 is 0 Å². The minimum Gasteiger partial charge on any atom is -0.362 e. The zero-order valence-electron chi connectivity index (χ0n) is 11.6. The normalized spacial score (nSPS) is 12.1. The lowest BCUT2D eigenvalue weighted by atomic mass is 10.1. The minimum absolute atomic E-state index is 0.102. The summed E-state index contributed by atoms with van der Waals surface area (Å²) in [7, 11) is 0. The van der Waals surface area contributed by atoms with Crippen molar-refractivity contribution in [2.24, 2.45) is 0 Å². The average molecular weight is 244 g/mol. The van der Waals surface area contributed by atoms with Crippen molar-refractivity contribution in [3.63, 3.8) is 0 Å². The highest BCUT2D eigenvalue weighted by Crippen LogP contribution is 1.99. The highest BCUT2D eigenvalue weighted by Gasteiger charge is 2.16. The van der Waals surface area contributed by atoms with Gasteiger partial charge in [-0.15, -0.1) is 0 Å². The van der Waals surface area contributed by atoms with Gasteiger partial charge >= 0.3 is 0 Å².